The lowest BCUT2D eigenvalue weighted by Gasteiger charge is -2.60. The first kappa shape index (κ1) is 25.1. The van der Waals surface area contributed by atoms with E-state index in [9.17, 15) is 4.79 Å². The van der Waals surface area contributed by atoms with Gasteiger partial charge in [0.25, 0.3) is 0 Å². The molecule has 0 bridgehead atoms. The first-order valence-corrected chi connectivity index (χ1v) is 14.2. The van der Waals surface area contributed by atoms with Gasteiger partial charge in [0, 0.05) is 0 Å². The highest BCUT2D eigenvalue weighted by Gasteiger charge is 2.60. The Morgan fingerprint density at radius 2 is 1.74 bits per heavy atom. The molecule has 0 unspecified atom stereocenters. The molecule has 3 saturated carbocycles. The molecule has 5 rings (SSSR count). The van der Waals surface area contributed by atoms with E-state index in [1.54, 1.807) is 0 Å². The van der Waals surface area contributed by atoms with Crippen molar-refractivity contribution in [1.82, 2.24) is 0 Å². The Morgan fingerprint density at radius 3 is 2.49 bits per heavy atom. The minimum atomic E-state index is -0.506. The predicted octanol–water partition coefficient (Wildman–Crippen LogP) is 7.74. The van der Waals surface area contributed by atoms with Crippen LogP contribution < -0.4 is 0 Å². The Labute approximate surface area is 213 Å². The number of esters is 1. The van der Waals surface area contributed by atoms with Gasteiger partial charge in [-0.15, -0.1) is 0 Å². The van der Waals surface area contributed by atoms with Gasteiger partial charge < -0.3 is 9.47 Å². The maximum absolute atomic E-state index is 12.7. The van der Waals surface area contributed by atoms with Crippen LogP contribution in [0, 0.1) is 39.9 Å². The number of hydrogen-bond acceptors (Lipinski definition) is 3. The molecule has 0 aromatic heterocycles. The molecule has 0 saturated heterocycles. The summed E-state index contributed by atoms with van der Waals surface area (Å²) in [5, 5.41) is 0. The number of rotatable bonds is 6. The van der Waals surface area contributed by atoms with E-state index < -0.39 is 5.41 Å². The van der Waals surface area contributed by atoms with Gasteiger partial charge in [-0.25, -0.2) is 0 Å². The molecule has 3 heteroatoms. The van der Waals surface area contributed by atoms with Gasteiger partial charge in [0.2, 0.25) is 0 Å². The molecule has 0 heterocycles. The largest absolute Gasteiger partial charge is 0.465 e. The Hall–Kier alpha value is -1.61. The molecule has 7 atom stereocenters. The third-order valence-corrected chi connectivity index (χ3v) is 11.1. The van der Waals surface area contributed by atoms with Crippen molar-refractivity contribution in [3.8, 4) is 0 Å². The van der Waals surface area contributed by atoms with Crippen molar-refractivity contribution in [3.63, 3.8) is 0 Å². The van der Waals surface area contributed by atoms with E-state index in [-0.39, 0.29) is 5.97 Å². The first-order valence-electron chi connectivity index (χ1n) is 14.2. The van der Waals surface area contributed by atoms with E-state index >= 15 is 0 Å². The topological polar surface area (TPSA) is 35.5 Å². The molecule has 0 spiro atoms. The number of ether oxygens (including phenoxy) is 2. The second-order valence-electron chi connectivity index (χ2n) is 13.0. The summed E-state index contributed by atoms with van der Waals surface area (Å²) >= 11 is 0. The molecule has 1 aromatic carbocycles. The van der Waals surface area contributed by atoms with Crippen molar-refractivity contribution in [1.29, 1.82) is 0 Å². The molecule has 3 nitrogen and oxygen atoms in total. The SMILES string of the molecule is CCOC(=O)C(C)(C)C1=CC[C@@]2(C)[C@@H](CC[C@H]3[C@H]2CC[C@]2(C)[C@@H](OCc4ccccc4)CC[C@@H]32)C1. The van der Waals surface area contributed by atoms with Crippen LogP contribution in [0.3, 0.4) is 0 Å². The Bertz CT molecular complexity index is 949. The Kier molecular flexibility index (Phi) is 6.70. The molecular weight excluding hydrogens is 432 g/mol. The molecule has 0 N–H and O–H groups in total. The molecule has 0 amide bonds. The second-order valence-corrected chi connectivity index (χ2v) is 13.0. The van der Waals surface area contributed by atoms with E-state index in [1.165, 1.54) is 49.7 Å². The third-order valence-electron chi connectivity index (χ3n) is 11.1. The van der Waals surface area contributed by atoms with Gasteiger partial charge in [-0.05, 0) is 112 Å². The van der Waals surface area contributed by atoms with Gasteiger partial charge in [0.1, 0.15) is 0 Å². The molecule has 1 aromatic rings. The van der Waals surface area contributed by atoms with Crippen LogP contribution in [0.25, 0.3) is 0 Å². The molecule has 0 aliphatic heterocycles. The predicted molar refractivity (Wildman–Crippen MR) is 141 cm³/mol. The van der Waals surface area contributed by atoms with Crippen LogP contribution in [0.15, 0.2) is 42.0 Å². The molecule has 4 aliphatic rings. The fourth-order valence-corrected chi connectivity index (χ4v) is 8.83. The highest BCUT2D eigenvalue weighted by atomic mass is 16.5. The number of carbonyl (C=O) groups excluding carboxylic acids is 1. The van der Waals surface area contributed by atoms with E-state index in [2.05, 4.69) is 64.1 Å². The number of benzene rings is 1. The summed E-state index contributed by atoms with van der Waals surface area (Å²) < 4.78 is 12.0. The lowest BCUT2D eigenvalue weighted by atomic mass is 9.45. The van der Waals surface area contributed by atoms with Crippen LogP contribution in [0.4, 0.5) is 0 Å². The van der Waals surface area contributed by atoms with Gasteiger partial charge in [0.15, 0.2) is 0 Å². The summed E-state index contributed by atoms with van der Waals surface area (Å²) in [4.78, 5) is 12.7. The summed E-state index contributed by atoms with van der Waals surface area (Å²) in [6.07, 6.45) is 12.8. The van der Waals surface area contributed by atoms with E-state index in [0.717, 1.165) is 37.2 Å². The molecule has 0 radical (unpaired) electrons. The van der Waals surface area contributed by atoms with Crippen molar-refractivity contribution in [2.45, 2.75) is 98.7 Å². The second kappa shape index (κ2) is 9.36. The van der Waals surface area contributed by atoms with Gasteiger partial charge in [0.05, 0.1) is 24.7 Å². The quantitative estimate of drug-likeness (QED) is 0.310. The van der Waals surface area contributed by atoms with Gasteiger partial charge in [-0.2, -0.15) is 0 Å². The lowest BCUT2D eigenvalue weighted by molar-refractivity contribution is -0.152. The molecule has 3 fully saturated rings. The minimum absolute atomic E-state index is 0.0653. The third kappa shape index (κ3) is 4.20. The van der Waals surface area contributed by atoms with Gasteiger partial charge >= 0.3 is 5.97 Å². The summed E-state index contributed by atoms with van der Waals surface area (Å²) in [5.41, 5.74) is 2.78. The average Bonchev–Trinajstić information content (AvgIpc) is 3.19. The standard InChI is InChI=1S/C32H46O3/c1-6-34-29(33)30(2,3)23-16-18-31(4)24(20-23)12-13-25-26-14-15-28(32(26,5)19-17-27(25)31)35-21-22-10-8-7-9-11-22/h7-11,16,24-28H,6,12-15,17-21H2,1-5H3/t24-,25+,26-,27+,28-,31-,32-/m0/s1. The van der Waals surface area contributed by atoms with Crippen LogP contribution >= 0.6 is 0 Å². The fraction of sp³-hybridized carbons (Fsp3) is 0.719. The minimum Gasteiger partial charge on any atom is -0.465 e. The Balaban J connectivity index is 1.30. The lowest BCUT2D eigenvalue weighted by Crippen LogP contribution is -2.53. The molecule has 192 valence electrons. The number of hydrogen-bond donors (Lipinski definition) is 0. The Morgan fingerprint density at radius 1 is 1.00 bits per heavy atom. The number of carbonyl (C=O) groups is 1. The van der Waals surface area contributed by atoms with Crippen molar-refractivity contribution >= 4 is 5.97 Å². The van der Waals surface area contributed by atoms with E-state index in [0.29, 0.717) is 29.5 Å². The highest BCUT2D eigenvalue weighted by Crippen LogP contribution is 2.67. The smallest absolute Gasteiger partial charge is 0.315 e. The summed E-state index contributed by atoms with van der Waals surface area (Å²) in [7, 11) is 0. The summed E-state index contributed by atoms with van der Waals surface area (Å²) in [6, 6.07) is 10.7. The number of allylic oxidation sites excluding steroid dienone is 1. The zero-order valence-electron chi connectivity index (χ0n) is 22.6. The van der Waals surface area contributed by atoms with Gasteiger partial charge in [-0.3, -0.25) is 4.79 Å². The fourth-order valence-electron chi connectivity index (χ4n) is 8.83. The molecular formula is C32H46O3. The van der Waals surface area contributed by atoms with Crippen LogP contribution in [0.5, 0.6) is 0 Å². The summed E-state index contributed by atoms with van der Waals surface area (Å²) in [6.45, 7) is 12.4. The zero-order chi connectivity index (χ0) is 24.8. The maximum atomic E-state index is 12.7. The first-order chi connectivity index (χ1) is 16.7. The van der Waals surface area contributed by atoms with Crippen LogP contribution in [-0.4, -0.2) is 18.7 Å². The average molecular weight is 479 g/mol. The normalized spacial score (nSPS) is 38.7. The molecule has 35 heavy (non-hydrogen) atoms. The molecule has 4 aliphatic carbocycles. The van der Waals surface area contributed by atoms with Crippen LogP contribution in [-0.2, 0) is 20.9 Å². The van der Waals surface area contributed by atoms with Crippen molar-refractivity contribution in [2.24, 2.45) is 39.9 Å². The number of fused-ring (bicyclic) bond motifs is 5. The van der Waals surface area contributed by atoms with Crippen molar-refractivity contribution in [3.05, 3.63) is 47.5 Å². The van der Waals surface area contributed by atoms with Crippen molar-refractivity contribution in [2.75, 3.05) is 6.61 Å². The highest BCUT2D eigenvalue weighted by molar-refractivity contribution is 5.79. The zero-order valence-corrected chi connectivity index (χ0v) is 22.6. The van der Waals surface area contributed by atoms with Gasteiger partial charge in [-0.1, -0.05) is 55.8 Å². The van der Waals surface area contributed by atoms with E-state index in [1.807, 2.05) is 6.92 Å². The summed E-state index contributed by atoms with van der Waals surface area (Å²) in [5.74, 6) is 3.04. The van der Waals surface area contributed by atoms with Crippen LogP contribution in [0.1, 0.15) is 91.5 Å². The van der Waals surface area contributed by atoms with Crippen molar-refractivity contribution < 1.29 is 14.3 Å². The van der Waals surface area contributed by atoms with Crippen LogP contribution in [0.2, 0.25) is 0 Å². The monoisotopic (exact) mass is 478 g/mol. The van der Waals surface area contributed by atoms with E-state index in [4.69, 9.17) is 9.47 Å². The maximum Gasteiger partial charge on any atom is 0.315 e.